The number of fused-ring (bicyclic) bond motifs is 1. The Kier molecular flexibility index (Phi) is 4.99. The summed E-state index contributed by atoms with van der Waals surface area (Å²) in [4.78, 5) is 37.7. The molecule has 0 aliphatic carbocycles. The molecule has 3 amide bonds. The van der Waals surface area contributed by atoms with Crippen molar-refractivity contribution in [3.8, 4) is 0 Å². The minimum absolute atomic E-state index is 0.0528. The fourth-order valence-electron chi connectivity index (χ4n) is 2.56. The monoisotopic (exact) mass is 396 g/mol. The van der Waals surface area contributed by atoms with Gasteiger partial charge in [0.2, 0.25) is 5.91 Å². The maximum Gasteiger partial charge on any atom is 0.263 e. The molecule has 0 saturated heterocycles. The summed E-state index contributed by atoms with van der Waals surface area (Å²) in [7, 11) is 0. The number of anilines is 1. The minimum Gasteiger partial charge on any atom is -0.326 e. The number of imide groups is 1. The molecule has 0 bridgehead atoms. The lowest BCUT2D eigenvalue weighted by Gasteiger charge is -2.13. The molecule has 1 aliphatic heterocycles. The van der Waals surface area contributed by atoms with E-state index in [4.69, 9.17) is 34.8 Å². The van der Waals surface area contributed by atoms with Crippen molar-refractivity contribution in [2.75, 3.05) is 11.9 Å². The summed E-state index contributed by atoms with van der Waals surface area (Å²) in [5.74, 6) is -1.33. The Morgan fingerprint density at radius 3 is 2.32 bits per heavy atom. The van der Waals surface area contributed by atoms with Crippen LogP contribution < -0.4 is 5.32 Å². The third-order valence-corrected chi connectivity index (χ3v) is 4.41. The van der Waals surface area contributed by atoms with E-state index in [1.807, 2.05) is 0 Å². The molecule has 128 valence electrons. The lowest BCUT2D eigenvalue weighted by atomic mass is 10.1. The van der Waals surface area contributed by atoms with Gasteiger partial charge in [-0.05, 0) is 30.3 Å². The van der Waals surface area contributed by atoms with Crippen molar-refractivity contribution >= 4 is 58.2 Å². The van der Waals surface area contributed by atoms with Crippen molar-refractivity contribution in [1.82, 2.24) is 4.90 Å². The van der Waals surface area contributed by atoms with Crippen molar-refractivity contribution in [2.24, 2.45) is 0 Å². The molecule has 5 nitrogen and oxygen atoms in total. The number of hydrogen-bond donors (Lipinski definition) is 1. The Hall–Kier alpha value is -2.08. The molecule has 25 heavy (non-hydrogen) atoms. The van der Waals surface area contributed by atoms with Gasteiger partial charge in [0.1, 0.15) is 0 Å². The van der Waals surface area contributed by atoms with Gasteiger partial charge < -0.3 is 5.32 Å². The molecule has 0 spiro atoms. The normalized spacial score (nSPS) is 13.2. The summed E-state index contributed by atoms with van der Waals surface area (Å²) >= 11 is 17.7. The standard InChI is InChI=1S/C17H11Cl3N2O3/c18-9-6-10(19)8-11(7-9)21-14(23)4-5-22-16(24)12-2-1-3-13(20)15(12)17(22)25/h1-3,6-8H,4-5H2,(H,21,23). The topological polar surface area (TPSA) is 66.5 Å². The number of carbonyl (C=O) groups excluding carboxylic acids is 3. The molecule has 3 rings (SSSR count). The van der Waals surface area contributed by atoms with Crippen LogP contribution in [-0.2, 0) is 4.79 Å². The number of halogens is 3. The van der Waals surface area contributed by atoms with Crippen molar-refractivity contribution in [3.63, 3.8) is 0 Å². The zero-order valence-corrected chi connectivity index (χ0v) is 15.0. The SMILES string of the molecule is O=C(CCN1C(=O)c2cccc(Cl)c2C1=O)Nc1cc(Cl)cc(Cl)c1. The van der Waals surface area contributed by atoms with Crippen LogP contribution in [0.25, 0.3) is 0 Å². The van der Waals surface area contributed by atoms with E-state index >= 15 is 0 Å². The van der Waals surface area contributed by atoms with E-state index in [-0.39, 0.29) is 35.0 Å². The van der Waals surface area contributed by atoms with Crippen LogP contribution in [0.15, 0.2) is 36.4 Å². The lowest BCUT2D eigenvalue weighted by molar-refractivity contribution is -0.116. The first-order valence-corrected chi connectivity index (χ1v) is 8.41. The Labute approximate surface area is 158 Å². The highest BCUT2D eigenvalue weighted by molar-refractivity contribution is 6.37. The van der Waals surface area contributed by atoms with Gasteiger partial charge in [-0.25, -0.2) is 0 Å². The summed E-state index contributed by atoms with van der Waals surface area (Å²) in [6, 6.07) is 9.33. The number of carbonyl (C=O) groups is 3. The molecular formula is C17H11Cl3N2O3. The highest BCUT2D eigenvalue weighted by atomic mass is 35.5. The van der Waals surface area contributed by atoms with Gasteiger partial charge in [0.05, 0.1) is 16.1 Å². The number of amides is 3. The van der Waals surface area contributed by atoms with Crippen LogP contribution in [-0.4, -0.2) is 29.2 Å². The fourth-order valence-corrected chi connectivity index (χ4v) is 3.34. The first-order valence-electron chi connectivity index (χ1n) is 7.27. The fraction of sp³-hybridized carbons (Fsp3) is 0.118. The van der Waals surface area contributed by atoms with Gasteiger partial charge in [0.15, 0.2) is 0 Å². The second kappa shape index (κ2) is 7.04. The molecule has 1 heterocycles. The summed E-state index contributed by atoms with van der Waals surface area (Å²) in [6.07, 6.45) is -0.0623. The molecule has 8 heteroatoms. The van der Waals surface area contributed by atoms with Gasteiger partial charge in [0, 0.05) is 28.7 Å². The number of hydrogen-bond acceptors (Lipinski definition) is 3. The van der Waals surface area contributed by atoms with Crippen LogP contribution in [0, 0.1) is 0 Å². The lowest BCUT2D eigenvalue weighted by Crippen LogP contribution is -2.32. The highest BCUT2D eigenvalue weighted by Crippen LogP contribution is 2.29. The van der Waals surface area contributed by atoms with Crippen LogP contribution in [0.3, 0.4) is 0 Å². The second-order valence-corrected chi connectivity index (χ2v) is 6.66. The number of nitrogens with zero attached hydrogens (tertiary/aromatic N) is 1. The molecule has 0 radical (unpaired) electrons. The minimum atomic E-state index is -0.496. The molecule has 1 aliphatic rings. The Balaban J connectivity index is 1.66. The number of rotatable bonds is 4. The maximum absolute atomic E-state index is 12.3. The summed E-state index contributed by atoms with van der Waals surface area (Å²) in [5, 5.41) is 3.62. The molecule has 2 aromatic rings. The van der Waals surface area contributed by atoms with Gasteiger partial charge in [-0.1, -0.05) is 40.9 Å². The van der Waals surface area contributed by atoms with Crippen molar-refractivity contribution in [1.29, 1.82) is 0 Å². The predicted molar refractivity (Wildman–Crippen MR) is 96.5 cm³/mol. The Bertz CT molecular complexity index is 878. The van der Waals surface area contributed by atoms with Crippen LogP contribution in [0.5, 0.6) is 0 Å². The summed E-state index contributed by atoms with van der Waals surface area (Å²) in [5.41, 5.74) is 0.864. The van der Waals surface area contributed by atoms with Crippen LogP contribution in [0.4, 0.5) is 5.69 Å². The van der Waals surface area contributed by atoms with Gasteiger partial charge >= 0.3 is 0 Å². The van der Waals surface area contributed by atoms with Crippen molar-refractivity contribution in [3.05, 3.63) is 62.6 Å². The summed E-state index contributed by atoms with van der Waals surface area (Å²) < 4.78 is 0. The van der Waals surface area contributed by atoms with Gasteiger partial charge in [-0.15, -0.1) is 0 Å². The Morgan fingerprint density at radius 2 is 1.68 bits per heavy atom. The molecule has 1 N–H and O–H groups in total. The Morgan fingerprint density at radius 1 is 1.00 bits per heavy atom. The maximum atomic E-state index is 12.3. The van der Waals surface area contributed by atoms with Crippen LogP contribution in [0.2, 0.25) is 15.1 Å². The summed E-state index contributed by atoms with van der Waals surface area (Å²) in [6.45, 7) is -0.0528. The number of nitrogens with one attached hydrogen (secondary N) is 1. The van der Waals surface area contributed by atoms with E-state index in [0.717, 1.165) is 4.90 Å². The zero-order chi connectivity index (χ0) is 18.1. The van der Waals surface area contributed by atoms with Crippen LogP contribution >= 0.6 is 34.8 Å². The first-order chi connectivity index (χ1) is 11.9. The molecular weight excluding hydrogens is 387 g/mol. The average molecular weight is 398 g/mol. The van der Waals surface area contributed by atoms with E-state index in [2.05, 4.69) is 5.32 Å². The molecule has 0 atom stereocenters. The third kappa shape index (κ3) is 3.63. The van der Waals surface area contributed by atoms with E-state index in [1.54, 1.807) is 30.3 Å². The van der Waals surface area contributed by atoms with E-state index in [0.29, 0.717) is 15.7 Å². The molecule has 0 unspecified atom stereocenters. The van der Waals surface area contributed by atoms with E-state index < -0.39 is 11.8 Å². The quantitative estimate of drug-likeness (QED) is 0.783. The number of benzene rings is 2. The first kappa shape index (κ1) is 17.7. The highest BCUT2D eigenvalue weighted by Gasteiger charge is 2.37. The average Bonchev–Trinajstić information content (AvgIpc) is 2.77. The van der Waals surface area contributed by atoms with Crippen molar-refractivity contribution in [2.45, 2.75) is 6.42 Å². The van der Waals surface area contributed by atoms with E-state index in [9.17, 15) is 14.4 Å². The van der Waals surface area contributed by atoms with Gasteiger partial charge in [0.25, 0.3) is 11.8 Å². The molecule has 0 saturated carbocycles. The molecule has 0 aromatic heterocycles. The van der Waals surface area contributed by atoms with Gasteiger partial charge in [-0.2, -0.15) is 0 Å². The van der Waals surface area contributed by atoms with Crippen molar-refractivity contribution < 1.29 is 14.4 Å². The van der Waals surface area contributed by atoms with Gasteiger partial charge in [-0.3, -0.25) is 19.3 Å². The third-order valence-electron chi connectivity index (χ3n) is 3.66. The molecule has 0 fully saturated rings. The zero-order valence-electron chi connectivity index (χ0n) is 12.7. The smallest absolute Gasteiger partial charge is 0.263 e. The molecule has 2 aromatic carbocycles. The van der Waals surface area contributed by atoms with Crippen LogP contribution in [0.1, 0.15) is 27.1 Å². The van der Waals surface area contributed by atoms with E-state index in [1.165, 1.54) is 6.07 Å². The predicted octanol–water partition coefficient (Wildman–Crippen LogP) is 4.27. The largest absolute Gasteiger partial charge is 0.326 e. The second-order valence-electron chi connectivity index (χ2n) is 5.38.